The lowest BCUT2D eigenvalue weighted by molar-refractivity contribution is -0.145. The Morgan fingerprint density at radius 1 is 0.963 bits per heavy atom. The molecule has 0 radical (unpaired) electrons. The summed E-state index contributed by atoms with van der Waals surface area (Å²) in [4.78, 5) is 23.7. The number of benzene rings is 2. The van der Waals surface area contributed by atoms with Crippen molar-refractivity contribution in [2.75, 3.05) is 13.2 Å². The zero-order valence-electron chi connectivity index (χ0n) is 16.4. The van der Waals surface area contributed by atoms with E-state index in [1.807, 2.05) is 63.2 Å². The predicted octanol–water partition coefficient (Wildman–Crippen LogP) is 3.80. The van der Waals surface area contributed by atoms with Gasteiger partial charge in [-0.1, -0.05) is 48.0 Å². The Labute approximate surface area is 160 Å². The summed E-state index contributed by atoms with van der Waals surface area (Å²) in [5.41, 5.74) is 4.09. The van der Waals surface area contributed by atoms with Crippen LogP contribution in [-0.2, 0) is 14.3 Å². The van der Waals surface area contributed by atoms with E-state index in [9.17, 15) is 9.59 Å². The molecule has 0 saturated heterocycles. The number of amides is 1. The number of aryl methyl sites for hydroxylation is 3. The molecule has 144 valence electrons. The highest BCUT2D eigenvalue weighted by atomic mass is 16.6. The zero-order chi connectivity index (χ0) is 19.8. The van der Waals surface area contributed by atoms with Crippen molar-refractivity contribution in [3.63, 3.8) is 0 Å². The molecule has 1 N–H and O–H groups in total. The summed E-state index contributed by atoms with van der Waals surface area (Å²) in [6, 6.07) is 13.3. The van der Waals surface area contributed by atoms with Crippen LogP contribution in [0.25, 0.3) is 0 Å². The number of hydrogen-bond acceptors (Lipinski definition) is 4. The van der Waals surface area contributed by atoms with Gasteiger partial charge in [-0.05, 0) is 37.5 Å². The maximum Gasteiger partial charge on any atom is 0.308 e. The van der Waals surface area contributed by atoms with Crippen LogP contribution in [0.3, 0.4) is 0 Å². The lowest BCUT2D eigenvalue weighted by atomic mass is 10.0. The van der Waals surface area contributed by atoms with E-state index in [0.717, 1.165) is 28.0 Å². The Morgan fingerprint density at radius 3 is 2.19 bits per heavy atom. The monoisotopic (exact) mass is 369 g/mol. The summed E-state index contributed by atoms with van der Waals surface area (Å²) >= 11 is 0. The Hall–Kier alpha value is -2.82. The van der Waals surface area contributed by atoms with E-state index in [-0.39, 0.29) is 31.5 Å². The standard InChI is InChI=1S/C22H27NO4/c1-15-8-10-19(11-9-15)20(23-18(4)24)14-21(25)26-12-13-27-22-16(2)6-5-7-17(22)3/h5-11,20H,12-14H2,1-4H3,(H,23,24). The molecular formula is C22H27NO4. The molecule has 0 aliphatic rings. The Morgan fingerprint density at radius 2 is 1.59 bits per heavy atom. The summed E-state index contributed by atoms with van der Waals surface area (Å²) < 4.78 is 11.0. The quantitative estimate of drug-likeness (QED) is 0.568. The zero-order valence-corrected chi connectivity index (χ0v) is 16.4. The number of esters is 1. The highest BCUT2D eigenvalue weighted by molar-refractivity contribution is 5.76. The molecule has 1 unspecified atom stereocenters. The van der Waals surface area contributed by atoms with Crippen LogP contribution < -0.4 is 10.1 Å². The van der Waals surface area contributed by atoms with Crippen molar-refractivity contribution >= 4 is 11.9 Å². The first-order chi connectivity index (χ1) is 12.9. The molecule has 2 aromatic carbocycles. The molecule has 27 heavy (non-hydrogen) atoms. The third-order valence-electron chi connectivity index (χ3n) is 4.23. The normalized spacial score (nSPS) is 11.6. The van der Waals surface area contributed by atoms with Gasteiger partial charge in [0.25, 0.3) is 0 Å². The highest BCUT2D eigenvalue weighted by Crippen LogP contribution is 2.22. The van der Waals surface area contributed by atoms with Gasteiger partial charge in [0.15, 0.2) is 0 Å². The van der Waals surface area contributed by atoms with Crippen LogP contribution in [0, 0.1) is 20.8 Å². The smallest absolute Gasteiger partial charge is 0.308 e. The minimum atomic E-state index is -0.407. The second kappa shape index (κ2) is 9.76. The van der Waals surface area contributed by atoms with Crippen molar-refractivity contribution in [1.29, 1.82) is 0 Å². The van der Waals surface area contributed by atoms with Crippen LogP contribution in [0.2, 0.25) is 0 Å². The fourth-order valence-electron chi connectivity index (χ4n) is 2.85. The summed E-state index contributed by atoms with van der Waals surface area (Å²) in [5, 5.41) is 2.81. The molecule has 5 heteroatoms. The van der Waals surface area contributed by atoms with Crippen LogP contribution in [0.15, 0.2) is 42.5 Å². The molecule has 0 spiro atoms. The molecular weight excluding hydrogens is 342 g/mol. The minimum Gasteiger partial charge on any atom is -0.489 e. The molecule has 0 aromatic heterocycles. The van der Waals surface area contributed by atoms with E-state index in [0.29, 0.717) is 0 Å². The van der Waals surface area contributed by atoms with Gasteiger partial charge >= 0.3 is 5.97 Å². The number of ether oxygens (including phenoxy) is 2. The molecule has 2 aromatic rings. The van der Waals surface area contributed by atoms with Gasteiger partial charge in [0.1, 0.15) is 19.0 Å². The van der Waals surface area contributed by atoms with Crippen molar-refractivity contribution in [2.45, 2.75) is 40.2 Å². The second-order valence-electron chi connectivity index (χ2n) is 6.66. The molecule has 2 rings (SSSR count). The molecule has 5 nitrogen and oxygen atoms in total. The van der Waals surface area contributed by atoms with Gasteiger partial charge in [0.05, 0.1) is 12.5 Å². The Balaban J connectivity index is 1.86. The second-order valence-corrected chi connectivity index (χ2v) is 6.66. The van der Waals surface area contributed by atoms with E-state index < -0.39 is 6.04 Å². The molecule has 0 aliphatic heterocycles. The number of para-hydroxylation sites is 1. The number of nitrogens with one attached hydrogen (secondary N) is 1. The summed E-state index contributed by atoms with van der Waals surface area (Å²) in [7, 11) is 0. The number of carbonyl (C=O) groups excluding carboxylic acids is 2. The highest BCUT2D eigenvalue weighted by Gasteiger charge is 2.18. The lowest BCUT2D eigenvalue weighted by Crippen LogP contribution is -2.29. The first-order valence-corrected chi connectivity index (χ1v) is 9.05. The van der Waals surface area contributed by atoms with E-state index in [1.54, 1.807) is 0 Å². The van der Waals surface area contributed by atoms with Crippen LogP contribution in [-0.4, -0.2) is 25.1 Å². The largest absolute Gasteiger partial charge is 0.489 e. The van der Waals surface area contributed by atoms with Crippen LogP contribution >= 0.6 is 0 Å². The van der Waals surface area contributed by atoms with Crippen LogP contribution in [0.5, 0.6) is 5.75 Å². The van der Waals surface area contributed by atoms with Crippen LogP contribution in [0.4, 0.5) is 0 Å². The Bertz CT molecular complexity index is 763. The van der Waals surface area contributed by atoms with Gasteiger partial charge < -0.3 is 14.8 Å². The molecule has 1 amide bonds. The lowest BCUT2D eigenvalue weighted by Gasteiger charge is -2.18. The SMILES string of the molecule is CC(=O)NC(CC(=O)OCCOc1c(C)cccc1C)c1ccc(C)cc1. The van der Waals surface area contributed by atoms with Gasteiger partial charge in [-0.15, -0.1) is 0 Å². The fraction of sp³-hybridized carbons (Fsp3) is 0.364. The molecule has 0 heterocycles. The van der Waals surface area contributed by atoms with Crippen molar-refractivity contribution in [1.82, 2.24) is 5.32 Å². The molecule has 0 bridgehead atoms. The number of hydrogen-bond donors (Lipinski definition) is 1. The molecule has 0 aliphatic carbocycles. The van der Waals surface area contributed by atoms with E-state index >= 15 is 0 Å². The third-order valence-corrected chi connectivity index (χ3v) is 4.23. The summed E-state index contributed by atoms with van der Waals surface area (Å²) in [5.74, 6) is 0.260. The van der Waals surface area contributed by atoms with Gasteiger partial charge in [-0.3, -0.25) is 9.59 Å². The topological polar surface area (TPSA) is 64.6 Å². The number of rotatable bonds is 8. The first-order valence-electron chi connectivity index (χ1n) is 9.05. The van der Waals surface area contributed by atoms with Gasteiger partial charge in [0.2, 0.25) is 5.91 Å². The molecule has 0 fully saturated rings. The van der Waals surface area contributed by atoms with E-state index in [2.05, 4.69) is 5.32 Å². The fourth-order valence-corrected chi connectivity index (χ4v) is 2.85. The van der Waals surface area contributed by atoms with Gasteiger partial charge in [0, 0.05) is 6.92 Å². The molecule has 1 atom stereocenters. The van der Waals surface area contributed by atoms with Crippen molar-refractivity contribution in [3.8, 4) is 5.75 Å². The molecule has 0 saturated carbocycles. The maximum atomic E-state index is 12.2. The summed E-state index contributed by atoms with van der Waals surface area (Å²) in [6.45, 7) is 7.83. The first kappa shape index (κ1) is 20.5. The average Bonchev–Trinajstić information content (AvgIpc) is 2.60. The minimum absolute atomic E-state index is 0.0754. The maximum absolute atomic E-state index is 12.2. The van der Waals surface area contributed by atoms with Gasteiger partial charge in [-0.2, -0.15) is 0 Å². The van der Waals surface area contributed by atoms with Crippen molar-refractivity contribution in [3.05, 3.63) is 64.7 Å². The van der Waals surface area contributed by atoms with Gasteiger partial charge in [-0.25, -0.2) is 0 Å². The average molecular weight is 369 g/mol. The van der Waals surface area contributed by atoms with Crippen molar-refractivity contribution in [2.24, 2.45) is 0 Å². The van der Waals surface area contributed by atoms with E-state index in [4.69, 9.17) is 9.47 Å². The number of carbonyl (C=O) groups is 2. The predicted molar refractivity (Wildman–Crippen MR) is 105 cm³/mol. The van der Waals surface area contributed by atoms with Crippen molar-refractivity contribution < 1.29 is 19.1 Å². The van der Waals surface area contributed by atoms with Crippen LogP contribution in [0.1, 0.15) is 41.6 Å². The third kappa shape index (κ3) is 6.44. The van der Waals surface area contributed by atoms with E-state index in [1.165, 1.54) is 6.92 Å². The Kier molecular flexibility index (Phi) is 7.41. The summed E-state index contributed by atoms with van der Waals surface area (Å²) in [6.07, 6.45) is 0.0754.